The number of para-hydroxylation sites is 1. The van der Waals surface area contributed by atoms with Crippen molar-refractivity contribution in [1.82, 2.24) is 5.32 Å². The highest BCUT2D eigenvalue weighted by Crippen LogP contribution is 2.17. The highest BCUT2D eigenvalue weighted by atomic mass is 19.1. The zero-order valence-electron chi connectivity index (χ0n) is 18.3. The Morgan fingerprint density at radius 3 is 1.97 bits per heavy atom. The van der Waals surface area contributed by atoms with E-state index in [9.17, 15) is 18.8 Å². The molecule has 0 fully saturated rings. The molecule has 3 rings (SSSR count). The normalized spacial score (nSPS) is 11.4. The first-order valence-electron chi connectivity index (χ1n) is 10.4. The molecule has 0 aromatic heterocycles. The molecule has 0 saturated heterocycles. The lowest BCUT2D eigenvalue weighted by molar-refractivity contribution is -0.118. The standard InChI is InChI=1S/C25H25FN4O3/c1-16(2)22(30-23(31)20-13-6-7-14-21(20)26)24(32)27-18-11-8-12-19(15-18)29-25(33)28-17-9-4-3-5-10-17/h3-16,22H,1-2H3,(H,27,32)(H,30,31)(H2,28,29,33). The maximum atomic E-state index is 13.9. The van der Waals surface area contributed by atoms with E-state index in [0.29, 0.717) is 17.1 Å². The summed E-state index contributed by atoms with van der Waals surface area (Å²) in [4.78, 5) is 37.5. The van der Waals surface area contributed by atoms with Crippen molar-refractivity contribution in [2.75, 3.05) is 16.0 Å². The molecule has 3 aromatic carbocycles. The van der Waals surface area contributed by atoms with Crippen molar-refractivity contribution in [2.24, 2.45) is 5.92 Å². The van der Waals surface area contributed by atoms with Gasteiger partial charge in [-0.3, -0.25) is 9.59 Å². The summed E-state index contributed by atoms with van der Waals surface area (Å²) >= 11 is 0. The first-order valence-corrected chi connectivity index (χ1v) is 10.4. The van der Waals surface area contributed by atoms with Gasteiger partial charge in [0.15, 0.2) is 0 Å². The summed E-state index contributed by atoms with van der Waals surface area (Å²) in [6, 6.07) is 19.9. The van der Waals surface area contributed by atoms with Crippen LogP contribution in [0.3, 0.4) is 0 Å². The Labute approximate surface area is 191 Å². The molecular formula is C25H25FN4O3. The monoisotopic (exact) mass is 448 g/mol. The molecule has 3 aromatic rings. The third-order valence-electron chi connectivity index (χ3n) is 4.77. The van der Waals surface area contributed by atoms with Gasteiger partial charge in [0.25, 0.3) is 5.91 Å². The van der Waals surface area contributed by atoms with Crippen LogP contribution < -0.4 is 21.3 Å². The number of rotatable bonds is 7. The number of urea groups is 1. The molecule has 0 aliphatic heterocycles. The summed E-state index contributed by atoms with van der Waals surface area (Å²) in [6.45, 7) is 3.55. The predicted molar refractivity (Wildman–Crippen MR) is 127 cm³/mol. The molecule has 0 aliphatic carbocycles. The van der Waals surface area contributed by atoms with E-state index in [1.54, 1.807) is 56.3 Å². The molecule has 1 atom stereocenters. The van der Waals surface area contributed by atoms with Gasteiger partial charge in [0.2, 0.25) is 5.91 Å². The molecule has 4 amide bonds. The smallest absolute Gasteiger partial charge is 0.323 e. The number of benzene rings is 3. The van der Waals surface area contributed by atoms with E-state index in [1.165, 1.54) is 18.2 Å². The number of anilines is 3. The number of carbonyl (C=O) groups excluding carboxylic acids is 3. The fourth-order valence-electron chi connectivity index (χ4n) is 3.11. The second-order valence-electron chi connectivity index (χ2n) is 7.69. The summed E-state index contributed by atoms with van der Waals surface area (Å²) in [7, 11) is 0. The fourth-order valence-corrected chi connectivity index (χ4v) is 3.11. The van der Waals surface area contributed by atoms with Crippen LogP contribution in [0.5, 0.6) is 0 Å². The van der Waals surface area contributed by atoms with Crippen LogP contribution in [0.15, 0.2) is 78.9 Å². The summed E-state index contributed by atoms with van der Waals surface area (Å²) in [6.07, 6.45) is 0. The predicted octanol–water partition coefficient (Wildman–Crippen LogP) is 4.86. The minimum absolute atomic E-state index is 0.133. The van der Waals surface area contributed by atoms with Crippen LogP contribution >= 0.6 is 0 Å². The van der Waals surface area contributed by atoms with E-state index < -0.39 is 29.7 Å². The molecule has 4 N–H and O–H groups in total. The van der Waals surface area contributed by atoms with Crippen molar-refractivity contribution >= 4 is 34.9 Å². The summed E-state index contributed by atoms with van der Waals surface area (Å²) in [5.74, 6) is -2.04. The Hall–Kier alpha value is -4.20. The van der Waals surface area contributed by atoms with Crippen molar-refractivity contribution in [1.29, 1.82) is 0 Å². The van der Waals surface area contributed by atoms with Gasteiger partial charge in [-0.25, -0.2) is 9.18 Å². The van der Waals surface area contributed by atoms with Crippen LogP contribution in [0.25, 0.3) is 0 Å². The Morgan fingerprint density at radius 2 is 1.30 bits per heavy atom. The van der Waals surface area contributed by atoms with E-state index in [2.05, 4.69) is 21.3 Å². The van der Waals surface area contributed by atoms with Gasteiger partial charge in [-0.05, 0) is 48.4 Å². The molecule has 0 aliphatic rings. The second-order valence-corrected chi connectivity index (χ2v) is 7.69. The van der Waals surface area contributed by atoms with Crippen molar-refractivity contribution in [3.63, 3.8) is 0 Å². The zero-order chi connectivity index (χ0) is 23.8. The highest BCUT2D eigenvalue weighted by molar-refractivity contribution is 6.02. The molecule has 1 unspecified atom stereocenters. The molecule has 33 heavy (non-hydrogen) atoms. The molecule has 0 bridgehead atoms. The number of carbonyl (C=O) groups is 3. The minimum atomic E-state index is -0.893. The van der Waals surface area contributed by atoms with Crippen LogP contribution in [0, 0.1) is 11.7 Å². The average molecular weight is 448 g/mol. The molecule has 7 nitrogen and oxygen atoms in total. The van der Waals surface area contributed by atoms with Gasteiger partial charge in [-0.15, -0.1) is 0 Å². The van der Waals surface area contributed by atoms with Gasteiger partial charge >= 0.3 is 6.03 Å². The van der Waals surface area contributed by atoms with Crippen LogP contribution in [-0.4, -0.2) is 23.9 Å². The van der Waals surface area contributed by atoms with E-state index in [0.717, 1.165) is 0 Å². The van der Waals surface area contributed by atoms with E-state index in [-0.39, 0.29) is 11.5 Å². The van der Waals surface area contributed by atoms with Crippen LogP contribution in [-0.2, 0) is 4.79 Å². The van der Waals surface area contributed by atoms with Gasteiger partial charge in [-0.2, -0.15) is 0 Å². The van der Waals surface area contributed by atoms with Gasteiger partial charge in [0.1, 0.15) is 11.9 Å². The molecular weight excluding hydrogens is 423 g/mol. The quantitative estimate of drug-likeness (QED) is 0.415. The number of nitrogens with one attached hydrogen (secondary N) is 4. The minimum Gasteiger partial charge on any atom is -0.340 e. The van der Waals surface area contributed by atoms with Gasteiger partial charge in [0.05, 0.1) is 5.56 Å². The highest BCUT2D eigenvalue weighted by Gasteiger charge is 2.25. The summed E-state index contributed by atoms with van der Waals surface area (Å²) in [5, 5.41) is 10.7. The van der Waals surface area contributed by atoms with Gasteiger partial charge in [-0.1, -0.05) is 50.2 Å². The lowest BCUT2D eigenvalue weighted by Crippen LogP contribution is -2.47. The Bertz CT molecular complexity index is 1140. The first kappa shape index (κ1) is 23.5. The van der Waals surface area contributed by atoms with Crippen LogP contribution in [0.4, 0.5) is 26.2 Å². The Balaban J connectivity index is 1.64. The number of hydrogen-bond donors (Lipinski definition) is 4. The average Bonchev–Trinajstić information content (AvgIpc) is 2.78. The molecule has 0 heterocycles. The zero-order valence-corrected chi connectivity index (χ0v) is 18.3. The summed E-state index contributed by atoms with van der Waals surface area (Å²) in [5.41, 5.74) is 1.41. The van der Waals surface area contributed by atoms with Gasteiger partial charge < -0.3 is 21.3 Å². The van der Waals surface area contributed by atoms with E-state index in [4.69, 9.17) is 0 Å². The third-order valence-corrected chi connectivity index (χ3v) is 4.77. The van der Waals surface area contributed by atoms with E-state index in [1.807, 2.05) is 18.2 Å². The van der Waals surface area contributed by atoms with Crippen molar-refractivity contribution < 1.29 is 18.8 Å². The lowest BCUT2D eigenvalue weighted by Gasteiger charge is -2.22. The SMILES string of the molecule is CC(C)C(NC(=O)c1ccccc1F)C(=O)Nc1cccc(NC(=O)Nc2ccccc2)c1. The Kier molecular flexibility index (Phi) is 7.75. The Morgan fingerprint density at radius 1 is 0.727 bits per heavy atom. The number of amides is 4. The molecule has 0 radical (unpaired) electrons. The lowest BCUT2D eigenvalue weighted by atomic mass is 10.0. The second kappa shape index (κ2) is 10.9. The molecule has 8 heteroatoms. The van der Waals surface area contributed by atoms with Crippen molar-refractivity contribution in [3.05, 3.63) is 90.2 Å². The molecule has 170 valence electrons. The largest absolute Gasteiger partial charge is 0.340 e. The summed E-state index contributed by atoms with van der Waals surface area (Å²) < 4.78 is 13.9. The molecule has 0 spiro atoms. The number of hydrogen-bond acceptors (Lipinski definition) is 3. The third kappa shape index (κ3) is 6.64. The van der Waals surface area contributed by atoms with Gasteiger partial charge in [0, 0.05) is 17.1 Å². The maximum absolute atomic E-state index is 13.9. The van der Waals surface area contributed by atoms with E-state index >= 15 is 0 Å². The first-order chi connectivity index (χ1) is 15.8. The van der Waals surface area contributed by atoms with Crippen LogP contribution in [0.2, 0.25) is 0 Å². The topological polar surface area (TPSA) is 99.3 Å². The number of halogens is 1. The maximum Gasteiger partial charge on any atom is 0.323 e. The van der Waals surface area contributed by atoms with Crippen molar-refractivity contribution in [2.45, 2.75) is 19.9 Å². The van der Waals surface area contributed by atoms with Crippen molar-refractivity contribution in [3.8, 4) is 0 Å². The fraction of sp³-hybridized carbons (Fsp3) is 0.160. The molecule has 0 saturated carbocycles. The van der Waals surface area contributed by atoms with Crippen LogP contribution in [0.1, 0.15) is 24.2 Å².